The molecule has 3 heterocycles. The highest BCUT2D eigenvalue weighted by molar-refractivity contribution is 5.96. The third-order valence-electron chi connectivity index (χ3n) is 4.64. The molecule has 1 atom stereocenters. The van der Waals surface area contributed by atoms with Gasteiger partial charge in [0.2, 0.25) is 5.88 Å². The Morgan fingerprint density at radius 1 is 1.35 bits per heavy atom. The van der Waals surface area contributed by atoms with E-state index in [4.69, 9.17) is 9.47 Å². The first-order chi connectivity index (χ1) is 12.7. The number of piperidine rings is 1. The number of hydrogen-bond donors (Lipinski definition) is 0. The van der Waals surface area contributed by atoms with Crippen LogP contribution >= 0.6 is 0 Å². The van der Waals surface area contributed by atoms with Gasteiger partial charge in [0, 0.05) is 51.3 Å². The molecule has 0 aliphatic carbocycles. The van der Waals surface area contributed by atoms with E-state index in [2.05, 4.69) is 14.5 Å². The molecule has 2 aromatic heterocycles. The summed E-state index contributed by atoms with van der Waals surface area (Å²) in [6.45, 7) is 5.19. The van der Waals surface area contributed by atoms with Gasteiger partial charge in [0.25, 0.3) is 5.91 Å². The molecule has 0 spiro atoms. The number of likely N-dealkylation sites (tertiary alicyclic amines) is 1. The van der Waals surface area contributed by atoms with Crippen LogP contribution in [0.4, 0.5) is 0 Å². The van der Waals surface area contributed by atoms with Crippen molar-refractivity contribution in [2.24, 2.45) is 0 Å². The summed E-state index contributed by atoms with van der Waals surface area (Å²) in [7, 11) is 1.70. The van der Waals surface area contributed by atoms with Crippen LogP contribution in [0, 0.1) is 0 Å². The maximum absolute atomic E-state index is 13.0. The Morgan fingerprint density at radius 2 is 2.23 bits per heavy atom. The second-order valence-corrected chi connectivity index (χ2v) is 6.35. The van der Waals surface area contributed by atoms with E-state index in [0.717, 1.165) is 31.8 Å². The average molecular weight is 358 g/mol. The number of carbonyl (C=O) groups is 1. The van der Waals surface area contributed by atoms with E-state index in [-0.39, 0.29) is 11.8 Å². The second-order valence-electron chi connectivity index (χ2n) is 6.35. The zero-order valence-electron chi connectivity index (χ0n) is 15.4. The molecule has 1 aliphatic heterocycles. The van der Waals surface area contributed by atoms with E-state index in [1.54, 1.807) is 25.4 Å². The van der Waals surface area contributed by atoms with E-state index >= 15 is 0 Å². The maximum atomic E-state index is 13.0. The number of methoxy groups -OCH3 is 1. The molecule has 0 aromatic carbocycles. The lowest BCUT2D eigenvalue weighted by Gasteiger charge is -2.33. The van der Waals surface area contributed by atoms with Crippen LogP contribution in [0.2, 0.25) is 0 Å². The van der Waals surface area contributed by atoms with E-state index in [1.165, 1.54) is 0 Å². The lowest BCUT2D eigenvalue weighted by molar-refractivity contribution is 0.0697. The molecule has 1 fully saturated rings. The molecule has 2 aromatic rings. The van der Waals surface area contributed by atoms with E-state index < -0.39 is 0 Å². The van der Waals surface area contributed by atoms with Crippen LogP contribution < -0.4 is 4.74 Å². The van der Waals surface area contributed by atoms with Crippen molar-refractivity contribution in [3.05, 3.63) is 42.1 Å². The quantitative estimate of drug-likeness (QED) is 0.760. The molecule has 1 saturated heterocycles. The number of hydrogen-bond acceptors (Lipinski definition) is 5. The smallest absolute Gasteiger partial charge is 0.259 e. The second kappa shape index (κ2) is 8.80. The Labute approximate surface area is 154 Å². The van der Waals surface area contributed by atoms with Crippen LogP contribution in [0.5, 0.6) is 5.88 Å². The minimum absolute atomic E-state index is 0.0266. The summed E-state index contributed by atoms with van der Waals surface area (Å²) in [6, 6.07) is 3.55. The highest BCUT2D eigenvalue weighted by Gasteiger charge is 2.29. The molecular formula is C19H26N4O3. The lowest BCUT2D eigenvalue weighted by atomic mass is 9.96. The summed E-state index contributed by atoms with van der Waals surface area (Å²) >= 11 is 0. The van der Waals surface area contributed by atoms with Gasteiger partial charge in [0.1, 0.15) is 11.4 Å². The van der Waals surface area contributed by atoms with Crippen LogP contribution in [0.3, 0.4) is 0 Å². The molecule has 0 saturated carbocycles. The van der Waals surface area contributed by atoms with Crippen molar-refractivity contribution in [2.45, 2.75) is 32.2 Å². The van der Waals surface area contributed by atoms with Gasteiger partial charge in [0.05, 0.1) is 13.2 Å². The normalized spacial score (nSPS) is 17.3. The van der Waals surface area contributed by atoms with E-state index in [1.807, 2.05) is 24.2 Å². The summed E-state index contributed by atoms with van der Waals surface area (Å²) < 4.78 is 12.8. The van der Waals surface area contributed by atoms with Crippen molar-refractivity contribution in [3.8, 4) is 5.88 Å². The van der Waals surface area contributed by atoms with Crippen LogP contribution in [0.1, 0.15) is 41.9 Å². The fourth-order valence-electron chi connectivity index (χ4n) is 3.41. The molecule has 3 rings (SSSR count). The Morgan fingerprint density at radius 3 is 3.04 bits per heavy atom. The van der Waals surface area contributed by atoms with Gasteiger partial charge >= 0.3 is 0 Å². The molecule has 1 aliphatic rings. The van der Waals surface area contributed by atoms with Gasteiger partial charge in [-0.15, -0.1) is 0 Å². The Bertz CT molecular complexity index is 731. The zero-order chi connectivity index (χ0) is 18.4. The van der Waals surface area contributed by atoms with Crippen molar-refractivity contribution < 1.29 is 14.3 Å². The van der Waals surface area contributed by atoms with E-state index in [0.29, 0.717) is 31.2 Å². The summed E-state index contributed by atoms with van der Waals surface area (Å²) in [5.41, 5.74) is 0.526. The lowest BCUT2D eigenvalue weighted by Crippen LogP contribution is -2.40. The first-order valence-electron chi connectivity index (χ1n) is 9.11. The molecule has 0 bridgehead atoms. The molecule has 140 valence electrons. The number of imidazole rings is 1. The van der Waals surface area contributed by atoms with Gasteiger partial charge < -0.3 is 18.9 Å². The fraction of sp³-hybridized carbons (Fsp3) is 0.526. The van der Waals surface area contributed by atoms with Crippen molar-refractivity contribution in [1.29, 1.82) is 0 Å². The largest absolute Gasteiger partial charge is 0.477 e. The highest BCUT2D eigenvalue weighted by atomic mass is 16.5. The van der Waals surface area contributed by atoms with Gasteiger partial charge in [-0.3, -0.25) is 4.79 Å². The Kier molecular flexibility index (Phi) is 6.22. The molecular weight excluding hydrogens is 332 g/mol. The summed E-state index contributed by atoms with van der Waals surface area (Å²) in [6.07, 6.45) is 7.42. The van der Waals surface area contributed by atoms with Gasteiger partial charge in [-0.05, 0) is 31.9 Å². The van der Waals surface area contributed by atoms with Gasteiger partial charge in [-0.2, -0.15) is 0 Å². The van der Waals surface area contributed by atoms with Crippen molar-refractivity contribution in [2.75, 3.05) is 33.4 Å². The standard InChI is InChI=1S/C19H26N4O3/c1-3-26-18-16(7-4-8-21-18)19(24)23-10-5-6-15(14-23)17-20-9-11-22(17)12-13-25-2/h4,7-9,11,15H,3,5-6,10,12-14H2,1-2H3/t15-/m1/s1. The average Bonchev–Trinajstić information content (AvgIpc) is 3.15. The predicted molar refractivity (Wildman–Crippen MR) is 97.4 cm³/mol. The molecule has 26 heavy (non-hydrogen) atoms. The molecule has 0 radical (unpaired) electrons. The first kappa shape index (κ1) is 18.4. The number of nitrogens with zero attached hydrogens (tertiary/aromatic N) is 4. The molecule has 1 amide bonds. The van der Waals surface area contributed by atoms with Crippen molar-refractivity contribution in [3.63, 3.8) is 0 Å². The molecule has 7 nitrogen and oxygen atoms in total. The number of pyridine rings is 1. The number of rotatable bonds is 7. The van der Waals surface area contributed by atoms with Crippen LogP contribution in [0.25, 0.3) is 0 Å². The fourth-order valence-corrected chi connectivity index (χ4v) is 3.41. The van der Waals surface area contributed by atoms with Gasteiger partial charge in [-0.25, -0.2) is 9.97 Å². The molecule has 0 N–H and O–H groups in total. The van der Waals surface area contributed by atoms with Crippen LogP contribution in [0.15, 0.2) is 30.7 Å². The number of aromatic nitrogens is 3. The summed E-state index contributed by atoms with van der Waals surface area (Å²) in [5, 5.41) is 0. The zero-order valence-corrected chi connectivity index (χ0v) is 15.4. The Balaban J connectivity index is 1.75. The van der Waals surface area contributed by atoms with Crippen LogP contribution in [-0.2, 0) is 11.3 Å². The van der Waals surface area contributed by atoms with Crippen molar-refractivity contribution >= 4 is 5.91 Å². The third-order valence-corrected chi connectivity index (χ3v) is 4.64. The minimum atomic E-state index is -0.0266. The molecule has 0 unspecified atom stereocenters. The maximum Gasteiger partial charge on any atom is 0.259 e. The summed E-state index contributed by atoms with van der Waals surface area (Å²) in [5.74, 6) is 1.63. The third kappa shape index (κ3) is 4.04. The number of amides is 1. The van der Waals surface area contributed by atoms with Crippen molar-refractivity contribution in [1.82, 2.24) is 19.4 Å². The first-order valence-corrected chi connectivity index (χ1v) is 9.11. The summed E-state index contributed by atoms with van der Waals surface area (Å²) in [4.78, 5) is 23.7. The minimum Gasteiger partial charge on any atom is -0.477 e. The van der Waals surface area contributed by atoms with E-state index in [9.17, 15) is 4.79 Å². The predicted octanol–water partition coefficient (Wildman–Crippen LogP) is 2.34. The van der Waals surface area contributed by atoms with Crippen LogP contribution in [-0.4, -0.2) is 58.8 Å². The Hall–Kier alpha value is -2.41. The monoisotopic (exact) mass is 358 g/mol. The van der Waals surface area contributed by atoms with Gasteiger partial charge in [0.15, 0.2) is 0 Å². The SMILES string of the molecule is CCOc1ncccc1C(=O)N1CCC[C@@H](c2nccn2CCOC)C1. The topological polar surface area (TPSA) is 69.5 Å². The van der Waals surface area contributed by atoms with Gasteiger partial charge in [-0.1, -0.05) is 0 Å². The molecule has 7 heteroatoms. The highest BCUT2D eigenvalue weighted by Crippen LogP contribution is 2.28. The number of ether oxygens (including phenoxy) is 2. The number of carbonyl (C=O) groups excluding carboxylic acids is 1.